The van der Waals surface area contributed by atoms with Gasteiger partial charge in [0.1, 0.15) is 0 Å². The van der Waals surface area contributed by atoms with Gasteiger partial charge in [0.2, 0.25) is 0 Å². The number of benzene rings is 1. The van der Waals surface area contributed by atoms with Gasteiger partial charge in [-0.3, -0.25) is 0 Å². The van der Waals surface area contributed by atoms with Crippen molar-refractivity contribution in [3.8, 4) is 11.9 Å². The van der Waals surface area contributed by atoms with Crippen molar-refractivity contribution in [1.29, 1.82) is 5.26 Å². The molecule has 1 aromatic carbocycles. The number of pyridine rings is 1. The molecule has 2 heterocycles. The normalized spacial score (nSPS) is 10.0. The summed E-state index contributed by atoms with van der Waals surface area (Å²) < 4.78 is 1.71. The average Bonchev–Trinajstić information content (AvgIpc) is 3.08. The van der Waals surface area contributed by atoms with Crippen LogP contribution in [-0.2, 0) is 6.54 Å². The molecule has 0 spiro atoms. The molecule has 0 bridgehead atoms. The molecule has 0 atom stereocenters. The van der Waals surface area contributed by atoms with Crippen LogP contribution in [-0.4, -0.2) is 14.8 Å². The van der Waals surface area contributed by atoms with Gasteiger partial charge in [0, 0.05) is 25.1 Å². The Labute approximate surface area is 122 Å². The molecule has 21 heavy (non-hydrogen) atoms. The van der Waals surface area contributed by atoms with Gasteiger partial charge in [0.15, 0.2) is 5.82 Å². The van der Waals surface area contributed by atoms with Crippen molar-refractivity contribution in [2.24, 2.45) is 0 Å². The second kappa shape index (κ2) is 5.88. The van der Waals surface area contributed by atoms with Gasteiger partial charge in [-0.25, -0.2) is 9.67 Å². The first-order valence-corrected chi connectivity index (χ1v) is 6.55. The molecular formula is C16H13N5. The number of rotatable bonds is 4. The number of hydrogen-bond acceptors (Lipinski definition) is 4. The molecule has 0 radical (unpaired) electrons. The SMILES string of the molecule is N#Cc1ccccc1CNc1cccnc1-n1cccn1. The molecule has 0 fully saturated rings. The molecule has 0 saturated heterocycles. The molecule has 0 unspecified atom stereocenters. The summed E-state index contributed by atoms with van der Waals surface area (Å²) in [4.78, 5) is 4.35. The first kappa shape index (κ1) is 12.9. The highest BCUT2D eigenvalue weighted by atomic mass is 15.3. The summed E-state index contributed by atoms with van der Waals surface area (Å²) in [5, 5.41) is 16.6. The van der Waals surface area contributed by atoms with E-state index in [1.54, 1.807) is 17.1 Å². The Morgan fingerprint density at radius 1 is 1.10 bits per heavy atom. The van der Waals surface area contributed by atoms with Gasteiger partial charge in [-0.05, 0) is 29.8 Å². The molecule has 3 rings (SSSR count). The van der Waals surface area contributed by atoms with Crippen molar-refractivity contribution in [2.75, 3.05) is 5.32 Å². The fraction of sp³-hybridized carbons (Fsp3) is 0.0625. The van der Waals surface area contributed by atoms with Gasteiger partial charge < -0.3 is 5.32 Å². The summed E-state index contributed by atoms with van der Waals surface area (Å²) in [6.07, 6.45) is 5.28. The maximum atomic E-state index is 9.12. The van der Waals surface area contributed by atoms with Crippen molar-refractivity contribution in [3.63, 3.8) is 0 Å². The zero-order chi connectivity index (χ0) is 14.5. The Morgan fingerprint density at radius 2 is 2.00 bits per heavy atom. The van der Waals surface area contributed by atoms with Crippen LogP contribution in [0, 0.1) is 11.3 Å². The molecule has 102 valence electrons. The van der Waals surface area contributed by atoms with Gasteiger partial charge in [-0.1, -0.05) is 18.2 Å². The summed E-state index contributed by atoms with van der Waals surface area (Å²) in [7, 11) is 0. The standard InChI is InChI=1S/C16H13N5/c17-11-13-5-1-2-6-14(13)12-19-15-7-3-8-18-16(15)21-10-4-9-20-21/h1-10,19H,12H2. The molecule has 0 aliphatic heterocycles. The third-order valence-electron chi connectivity index (χ3n) is 3.12. The third-order valence-corrected chi connectivity index (χ3v) is 3.12. The summed E-state index contributed by atoms with van der Waals surface area (Å²) in [6.45, 7) is 0.559. The van der Waals surface area contributed by atoms with E-state index < -0.39 is 0 Å². The van der Waals surface area contributed by atoms with E-state index in [1.165, 1.54) is 0 Å². The van der Waals surface area contributed by atoms with Crippen LogP contribution in [0.2, 0.25) is 0 Å². The summed E-state index contributed by atoms with van der Waals surface area (Å²) in [5.74, 6) is 0.733. The lowest BCUT2D eigenvalue weighted by Gasteiger charge is -2.11. The monoisotopic (exact) mass is 275 g/mol. The van der Waals surface area contributed by atoms with E-state index >= 15 is 0 Å². The second-order valence-corrected chi connectivity index (χ2v) is 4.45. The van der Waals surface area contributed by atoms with E-state index in [0.717, 1.165) is 17.1 Å². The maximum Gasteiger partial charge on any atom is 0.176 e. The van der Waals surface area contributed by atoms with Crippen LogP contribution in [0.1, 0.15) is 11.1 Å². The Kier molecular flexibility index (Phi) is 3.61. The van der Waals surface area contributed by atoms with Crippen LogP contribution in [0.5, 0.6) is 0 Å². The number of nitriles is 1. The summed E-state index contributed by atoms with van der Waals surface area (Å²) >= 11 is 0. The first-order valence-electron chi connectivity index (χ1n) is 6.55. The Morgan fingerprint density at radius 3 is 2.81 bits per heavy atom. The molecule has 0 aliphatic rings. The topological polar surface area (TPSA) is 66.5 Å². The van der Waals surface area contributed by atoms with Crippen molar-refractivity contribution in [3.05, 3.63) is 72.2 Å². The van der Waals surface area contributed by atoms with Gasteiger partial charge in [-0.15, -0.1) is 0 Å². The lowest BCUT2D eigenvalue weighted by molar-refractivity contribution is 0.846. The minimum Gasteiger partial charge on any atom is -0.378 e. The highest BCUT2D eigenvalue weighted by Crippen LogP contribution is 2.18. The van der Waals surface area contributed by atoms with Crippen LogP contribution < -0.4 is 5.32 Å². The quantitative estimate of drug-likeness (QED) is 0.795. The molecule has 3 aromatic rings. The fourth-order valence-electron chi connectivity index (χ4n) is 2.09. The molecule has 5 nitrogen and oxygen atoms in total. The predicted octanol–water partition coefficient (Wildman–Crippen LogP) is 2.75. The number of aromatic nitrogens is 3. The van der Waals surface area contributed by atoms with E-state index in [2.05, 4.69) is 21.5 Å². The van der Waals surface area contributed by atoms with E-state index in [4.69, 9.17) is 5.26 Å². The Bertz CT molecular complexity index is 771. The molecule has 1 N–H and O–H groups in total. The maximum absolute atomic E-state index is 9.12. The number of hydrogen-bond donors (Lipinski definition) is 1. The third kappa shape index (κ3) is 2.74. The van der Waals surface area contributed by atoms with E-state index in [0.29, 0.717) is 12.1 Å². The molecule has 0 saturated carbocycles. The fourth-order valence-corrected chi connectivity index (χ4v) is 2.09. The second-order valence-electron chi connectivity index (χ2n) is 4.45. The van der Waals surface area contributed by atoms with E-state index in [9.17, 15) is 0 Å². The zero-order valence-corrected chi connectivity index (χ0v) is 11.3. The molecule has 2 aromatic heterocycles. The summed E-state index contributed by atoms with van der Waals surface area (Å²) in [5.41, 5.74) is 2.50. The zero-order valence-electron chi connectivity index (χ0n) is 11.3. The number of anilines is 1. The van der Waals surface area contributed by atoms with E-state index in [1.807, 2.05) is 48.7 Å². The average molecular weight is 275 g/mol. The smallest absolute Gasteiger partial charge is 0.176 e. The van der Waals surface area contributed by atoms with Gasteiger partial charge in [0.25, 0.3) is 0 Å². The van der Waals surface area contributed by atoms with Gasteiger partial charge in [0.05, 0.1) is 17.3 Å². The summed E-state index contributed by atoms with van der Waals surface area (Å²) in [6, 6.07) is 15.4. The molecular weight excluding hydrogens is 262 g/mol. The van der Waals surface area contributed by atoms with E-state index in [-0.39, 0.29) is 0 Å². The van der Waals surface area contributed by atoms with Crippen molar-refractivity contribution in [1.82, 2.24) is 14.8 Å². The van der Waals surface area contributed by atoms with Gasteiger partial charge >= 0.3 is 0 Å². The number of nitrogens with one attached hydrogen (secondary N) is 1. The highest BCUT2D eigenvalue weighted by molar-refractivity contribution is 5.56. The highest BCUT2D eigenvalue weighted by Gasteiger charge is 2.06. The van der Waals surface area contributed by atoms with Crippen molar-refractivity contribution in [2.45, 2.75) is 6.54 Å². The lowest BCUT2D eigenvalue weighted by atomic mass is 10.1. The largest absolute Gasteiger partial charge is 0.378 e. The molecule has 0 aliphatic carbocycles. The predicted molar refractivity (Wildman–Crippen MR) is 79.8 cm³/mol. The van der Waals surface area contributed by atoms with Gasteiger partial charge in [-0.2, -0.15) is 10.4 Å². The molecule has 5 heteroatoms. The van der Waals surface area contributed by atoms with Crippen LogP contribution in [0.3, 0.4) is 0 Å². The number of nitrogens with zero attached hydrogens (tertiary/aromatic N) is 4. The van der Waals surface area contributed by atoms with Crippen LogP contribution in [0.25, 0.3) is 5.82 Å². The first-order chi connectivity index (χ1) is 10.4. The van der Waals surface area contributed by atoms with Crippen LogP contribution in [0.4, 0.5) is 5.69 Å². The Balaban J connectivity index is 1.85. The van der Waals surface area contributed by atoms with Crippen LogP contribution in [0.15, 0.2) is 61.1 Å². The lowest BCUT2D eigenvalue weighted by Crippen LogP contribution is -2.07. The van der Waals surface area contributed by atoms with Crippen LogP contribution >= 0.6 is 0 Å². The minimum atomic E-state index is 0.559. The van der Waals surface area contributed by atoms with Crippen molar-refractivity contribution < 1.29 is 0 Å². The molecule has 0 amide bonds. The van der Waals surface area contributed by atoms with Crippen molar-refractivity contribution >= 4 is 5.69 Å². The minimum absolute atomic E-state index is 0.559. The Hall–Kier alpha value is -3.13.